The maximum absolute atomic E-state index is 11.6. The third-order valence-corrected chi connectivity index (χ3v) is 2.76. The highest BCUT2D eigenvalue weighted by Gasteiger charge is 2.29. The van der Waals surface area contributed by atoms with E-state index in [1.165, 1.54) is 6.20 Å². The molecule has 1 aliphatic carbocycles. The van der Waals surface area contributed by atoms with Gasteiger partial charge in [-0.2, -0.15) is 5.53 Å². The van der Waals surface area contributed by atoms with Crippen LogP contribution in [-0.4, -0.2) is 30.9 Å². The fraction of sp³-hybridized carbons (Fsp3) is 0.600. The van der Waals surface area contributed by atoms with Crippen molar-refractivity contribution in [3.8, 4) is 0 Å². The Kier molecular flexibility index (Phi) is 6.65. The Morgan fingerprint density at radius 3 is 2.86 bits per heavy atom. The van der Waals surface area contributed by atoms with Gasteiger partial charge in [0.1, 0.15) is 0 Å². The van der Waals surface area contributed by atoms with Crippen LogP contribution in [0.2, 0.25) is 0 Å². The van der Waals surface area contributed by atoms with Gasteiger partial charge in [0.05, 0.1) is 30.7 Å². The lowest BCUT2D eigenvalue weighted by Gasteiger charge is -2.13. The Balaban J connectivity index is 2.41. The second kappa shape index (κ2) is 8.51. The van der Waals surface area contributed by atoms with Gasteiger partial charge >= 0.3 is 0 Å². The number of carbonyl (C=O) groups excluding carboxylic acids is 1. The van der Waals surface area contributed by atoms with Gasteiger partial charge in [0, 0.05) is 11.1 Å². The Morgan fingerprint density at radius 2 is 2.29 bits per heavy atom. The van der Waals surface area contributed by atoms with Crippen molar-refractivity contribution in [3.63, 3.8) is 0 Å². The first-order valence-electron chi connectivity index (χ1n) is 6.28. The minimum atomic E-state index is -0.326. The van der Waals surface area contributed by atoms with Crippen LogP contribution in [0.5, 0.6) is 0 Å². The number of nitrogens with two attached hydrogens (primary N) is 1. The Bertz CT molecular complexity index is 476. The second-order valence-corrected chi connectivity index (χ2v) is 4.46. The molecule has 0 aromatic carbocycles. The molecule has 1 rings (SSSR count). The normalized spacial score (nSPS) is 15.4. The van der Waals surface area contributed by atoms with E-state index in [4.69, 9.17) is 22.2 Å². The molecule has 114 valence electrons. The number of azide groups is 1. The van der Waals surface area contributed by atoms with Crippen LogP contribution in [0.25, 0.3) is 10.4 Å². The molecule has 0 aromatic heterocycles. The van der Waals surface area contributed by atoms with E-state index in [0.717, 1.165) is 12.8 Å². The summed E-state index contributed by atoms with van der Waals surface area (Å²) in [5.74, 6) is 0.0928. The maximum atomic E-state index is 11.6. The van der Waals surface area contributed by atoms with Crippen LogP contribution in [0, 0.1) is 16.9 Å². The highest BCUT2D eigenvalue weighted by atomic mass is 16.2. The van der Waals surface area contributed by atoms with Crippen LogP contribution in [-0.2, 0) is 4.79 Å². The highest BCUT2D eigenvalue weighted by molar-refractivity contribution is 5.98. The number of nitrogens with zero attached hydrogens (tertiary/aromatic N) is 4. The van der Waals surface area contributed by atoms with Gasteiger partial charge in [0.2, 0.25) is 5.91 Å². The summed E-state index contributed by atoms with van der Waals surface area (Å²) in [6, 6.07) is 0. The Morgan fingerprint density at radius 1 is 1.57 bits per heavy atom. The molecule has 1 amide bonds. The summed E-state index contributed by atoms with van der Waals surface area (Å²) >= 11 is 0. The van der Waals surface area contributed by atoms with Crippen molar-refractivity contribution >= 4 is 11.6 Å². The first-order chi connectivity index (χ1) is 10.1. The van der Waals surface area contributed by atoms with Crippen LogP contribution >= 0.6 is 0 Å². The van der Waals surface area contributed by atoms with Crippen LogP contribution in [0.15, 0.2) is 22.2 Å². The summed E-state index contributed by atoms with van der Waals surface area (Å²) in [7, 11) is 0. The molecule has 0 bridgehead atoms. The molecule has 0 aliphatic heterocycles. The monoisotopic (exact) mass is 294 g/mol. The van der Waals surface area contributed by atoms with Crippen LogP contribution < -0.4 is 21.8 Å². The molecule has 1 fully saturated rings. The molecule has 0 radical (unpaired) electrons. The SMILES string of the molecule is [N-]=[N+]=NCC(=N)/C(=C\NCC(=O)NC(N)C1CC1)NN=N. The minimum Gasteiger partial charge on any atom is -0.380 e. The number of hydrogen-bond acceptors (Lipinski definition) is 7. The fourth-order valence-electron chi connectivity index (χ4n) is 1.49. The molecule has 0 saturated heterocycles. The van der Waals surface area contributed by atoms with Gasteiger partial charge in [-0.1, -0.05) is 10.3 Å². The number of hydrogen-bond donors (Lipinski definition) is 6. The number of rotatable bonds is 10. The smallest absolute Gasteiger partial charge is 0.240 e. The van der Waals surface area contributed by atoms with E-state index in [2.05, 4.69) is 31.3 Å². The largest absolute Gasteiger partial charge is 0.380 e. The van der Waals surface area contributed by atoms with Crippen molar-refractivity contribution in [2.24, 2.45) is 22.0 Å². The zero-order valence-electron chi connectivity index (χ0n) is 11.3. The van der Waals surface area contributed by atoms with Gasteiger partial charge < -0.3 is 21.8 Å². The average Bonchev–Trinajstić information content (AvgIpc) is 3.28. The summed E-state index contributed by atoms with van der Waals surface area (Å²) < 4.78 is 0. The summed E-state index contributed by atoms with van der Waals surface area (Å²) in [5.41, 5.74) is 23.0. The van der Waals surface area contributed by atoms with Crippen LogP contribution in [0.3, 0.4) is 0 Å². The van der Waals surface area contributed by atoms with E-state index in [0.29, 0.717) is 5.92 Å². The first kappa shape index (κ1) is 16.4. The molecular weight excluding hydrogens is 276 g/mol. The lowest BCUT2D eigenvalue weighted by Crippen LogP contribution is -2.46. The molecule has 1 saturated carbocycles. The molecule has 1 unspecified atom stereocenters. The molecule has 11 heteroatoms. The molecule has 1 aliphatic rings. The summed E-state index contributed by atoms with van der Waals surface area (Å²) in [4.78, 5) is 14.1. The van der Waals surface area contributed by atoms with E-state index >= 15 is 0 Å². The summed E-state index contributed by atoms with van der Waals surface area (Å²) in [6.07, 6.45) is 3.05. The van der Waals surface area contributed by atoms with Gasteiger partial charge in [-0.3, -0.25) is 10.2 Å². The van der Waals surface area contributed by atoms with E-state index in [1.807, 2.05) is 0 Å². The predicted octanol–water partition coefficient (Wildman–Crippen LogP) is 0.0940. The lowest BCUT2D eigenvalue weighted by atomic mass is 10.3. The third kappa shape index (κ3) is 6.36. The topological polar surface area (TPSA) is 188 Å². The van der Waals surface area contributed by atoms with Crippen molar-refractivity contribution in [2.45, 2.75) is 19.0 Å². The Labute approximate surface area is 121 Å². The lowest BCUT2D eigenvalue weighted by molar-refractivity contribution is -0.120. The third-order valence-electron chi connectivity index (χ3n) is 2.76. The van der Waals surface area contributed by atoms with E-state index in [1.54, 1.807) is 0 Å². The van der Waals surface area contributed by atoms with E-state index in [-0.39, 0.29) is 36.6 Å². The van der Waals surface area contributed by atoms with Gasteiger partial charge in [-0.25, -0.2) is 0 Å². The fourth-order valence-corrected chi connectivity index (χ4v) is 1.49. The van der Waals surface area contributed by atoms with Crippen molar-refractivity contribution in [1.29, 1.82) is 10.9 Å². The van der Waals surface area contributed by atoms with Crippen molar-refractivity contribution in [1.82, 2.24) is 16.1 Å². The summed E-state index contributed by atoms with van der Waals surface area (Å²) in [6.45, 7) is -0.219. The second-order valence-electron chi connectivity index (χ2n) is 4.46. The molecule has 7 N–H and O–H groups in total. The number of carbonyl (C=O) groups is 1. The quantitative estimate of drug-likeness (QED) is 0.0832. The number of nitrogens with one attached hydrogen (secondary N) is 5. The first-order valence-corrected chi connectivity index (χ1v) is 6.28. The molecular formula is C10H18N10O. The van der Waals surface area contributed by atoms with Crippen molar-refractivity contribution in [2.75, 3.05) is 13.1 Å². The maximum Gasteiger partial charge on any atom is 0.240 e. The Hall–Kier alpha value is -2.65. The zero-order chi connectivity index (χ0) is 15.7. The molecule has 0 heterocycles. The predicted molar refractivity (Wildman–Crippen MR) is 75.0 cm³/mol. The van der Waals surface area contributed by atoms with Crippen molar-refractivity contribution in [3.05, 3.63) is 22.3 Å². The average molecular weight is 294 g/mol. The molecule has 11 nitrogen and oxygen atoms in total. The molecule has 0 spiro atoms. The van der Waals surface area contributed by atoms with Crippen LogP contribution in [0.1, 0.15) is 12.8 Å². The zero-order valence-corrected chi connectivity index (χ0v) is 11.3. The molecule has 21 heavy (non-hydrogen) atoms. The van der Waals surface area contributed by atoms with E-state index in [9.17, 15) is 4.79 Å². The minimum absolute atomic E-state index is 0.0294. The molecule has 1 atom stereocenters. The molecule has 0 aromatic rings. The summed E-state index contributed by atoms with van der Waals surface area (Å²) in [5, 5.41) is 19.1. The van der Waals surface area contributed by atoms with Crippen molar-refractivity contribution < 1.29 is 4.79 Å². The van der Waals surface area contributed by atoms with Gasteiger partial charge in [0.25, 0.3) is 0 Å². The van der Waals surface area contributed by atoms with E-state index < -0.39 is 0 Å². The van der Waals surface area contributed by atoms with Crippen LogP contribution in [0.4, 0.5) is 0 Å². The highest BCUT2D eigenvalue weighted by Crippen LogP contribution is 2.30. The van der Waals surface area contributed by atoms with Gasteiger partial charge in [-0.05, 0) is 24.3 Å². The van der Waals surface area contributed by atoms with Gasteiger partial charge in [0.15, 0.2) is 0 Å². The standard InChI is InChI=1S/C10H18N10O/c11-7(3-16-19-13)8(18-20-14)4-15-5-9(21)17-10(12)6-1-2-6/h4,6,10-11,15H,1-3,5,12H2,(H2,14,18)(H,17,21)/b8-4+,11-7?. The van der Waals surface area contributed by atoms with Gasteiger partial charge in [-0.15, -0.1) is 0 Å². The number of amides is 1.